The van der Waals surface area contributed by atoms with Crippen LogP contribution in [-0.4, -0.2) is 11.5 Å². The third kappa shape index (κ3) is 2.20. The Morgan fingerprint density at radius 3 is 2.50 bits per heavy atom. The summed E-state index contributed by atoms with van der Waals surface area (Å²) in [5.41, 5.74) is 2.65. The molecule has 2 nitrogen and oxygen atoms in total. The molecule has 2 N–H and O–H groups in total. The quantitative estimate of drug-likeness (QED) is 0.863. The Kier molecular flexibility index (Phi) is 3.07. The van der Waals surface area contributed by atoms with Gasteiger partial charge < -0.3 is 10.3 Å². The van der Waals surface area contributed by atoms with E-state index in [1.54, 1.807) is 6.42 Å². The van der Waals surface area contributed by atoms with Gasteiger partial charge in [0.05, 0.1) is 0 Å². The number of hydrogen-bond donors (Lipinski definition) is 2. The lowest BCUT2D eigenvalue weighted by Gasteiger charge is -2.54. The van der Waals surface area contributed by atoms with Gasteiger partial charge in [-0.15, -0.1) is 0 Å². The normalized spacial score (nSPS) is 36.3. The van der Waals surface area contributed by atoms with Crippen molar-refractivity contribution in [3.05, 3.63) is 36.0 Å². The molecule has 2 aromatic rings. The van der Waals surface area contributed by atoms with Gasteiger partial charge in [-0.1, -0.05) is 6.07 Å². The van der Waals surface area contributed by atoms with Crippen molar-refractivity contribution >= 4 is 10.9 Å². The predicted octanol–water partition coefficient (Wildman–Crippen LogP) is 4.33. The molecule has 6 rings (SSSR count). The molecule has 22 heavy (non-hydrogen) atoms. The highest BCUT2D eigenvalue weighted by Crippen LogP contribution is 2.56. The first-order chi connectivity index (χ1) is 10.8. The molecule has 1 heterocycles. The van der Waals surface area contributed by atoms with Gasteiger partial charge in [0, 0.05) is 18.3 Å². The minimum atomic E-state index is 0.962. The van der Waals surface area contributed by atoms with Crippen molar-refractivity contribution in [1.82, 2.24) is 10.3 Å². The van der Waals surface area contributed by atoms with Crippen LogP contribution in [0.1, 0.15) is 37.7 Å². The average molecular weight is 294 g/mol. The molecule has 1 aromatic heterocycles. The summed E-state index contributed by atoms with van der Waals surface area (Å²) in [6.07, 6.45) is 9.73. The molecule has 116 valence electrons. The van der Waals surface area contributed by atoms with E-state index >= 15 is 0 Å². The van der Waals surface area contributed by atoms with Crippen LogP contribution in [0, 0.1) is 29.6 Å². The molecule has 0 radical (unpaired) electrons. The van der Waals surface area contributed by atoms with E-state index in [-0.39, 0.29) is 0 Å². The summed E-state index contributed by atoms with van der Waals surface area (Å²) in [6, 6.07) is 8.93. The number of H-pyrrole nitrogens is 1. The van der Waals surface area contributed by atoms with Crippen LogP contribution in [0.5, 0.6) is 0 Å². The number of fused-ring (bicyclic) bond motifs is 1. The van der Waals surface area contributed by atoms with Crippen LogP contribution in [0.25, 0.3) is 10.9 Å². The first-order valence-electron chi connectivity index (χ1n) is 9.12. The van der Waals surface area contributed by atoms with E-state index in [1.165, 1.54) is 48.7 Å². The third-order valence-corrected chi connectivity index (χ3v) is 6.75. The van der Waals surface area contributed by atoms with Crippen molar-refractivity contribution < 1.29 is 0 Å². The van der Waals surface area contributed by atoms with E-state index < -0.39 is 0 Å². The van der Waals surface area contributed by atoms with Crippen LogP contribution in [0.4, 0.5) is 0 Å². The maximum Gasteiger partial charge on any atom is 0.0454 e. The Morgan fingerprint density at radius 1 is 0.955 bits per heavy atom. The summed E-state index contributed by atoms with van der Waals surface area (Å²) in [6.45, 7) is 2.25. The highest BCUT2D eigenvalue weighted by atomic mass is 14.9. The van der Waals surface area contributed by atoms with Gasteiger partial charge >= 0.3 is 0 Å². The van der Waals surface area contributed by atoms with E-state index in [1.807, 2.05) is 6.20 Å². The molecule has 0 amide bonds. The Labute approximate surface area is 132 Å². The number of rotatable bonds is 4. The smallest absolute Gasteiger partial charge is 0.0454 e. The molecule has 4 bridgehead atoms. The van der Waals surface area contributed by atoms with Crippen molar-refractivity contribution in [2.24, 2.45) is 29.6 Å². The number of aromatic amines is 1. The van der Waals surface area contributed by atoms with Gasteiger partial charge in [0.2, 0.25) is 0 Å². The van der Waals surface area contributed by atoms with Gasteiger partial charge in [-0.2, -0.15) is 0 Å². The molecule has 0 unspecified atom stereocenters. The van der Waals surface area contributed by atoms with E-state index in [4.69, 9.17) is 0 Å². The molecule has 0 aliphatic heterocycles. The van der Waals surface area contributed by atoms with E-state index in [0.717, 1.165) is 36.1 Å². The Bertz CT molecular complexity index is 643. The van der Waals surface area contributed by atoms with E-state index in [0.29, 0.717) is 0 Å². The van der Waals surface area contributed by atoms with Crippen molar-refractivity contribution in [2.45, 2.75) is 38.6 Å². The van der Waals surface area contributed by atoms with E-state index in [2.05, 4.69) is 34.6 Å². The Balaban J connectivity index is 1.22. The van der Waals surface area contributed by atoms with Crippen molar-refractivity contribution in [3.8, 4) is 0 Å². The lowest BCUT2D eigenvalue weighted by atomic mass is 9.52. The van der Waals surface area contributed by atoms with Crippen LogP contribution in [0.15, 0.2) is 30.5 Å². The number of nitrogens with one attached hydrogen (secondary N) is 2. The maximum atomic E-state index is 3.78. The van der Waals surface area contributed by atoms with Crippen LogP contribution < -0.4 is 5.32 Å². The van der Waals surface area contributed by atoms with Crippen LogP contribution in [-0.2, 0) is 6.54 Å². The second-order valence-electron chi connectivity index (χ2n) is 8.12. The summed E-state index contributed by atoms with van der Waals surface area (Å²) in [5, 5.41) is 5.10. The zero-order valence-corrected chi connectivity index (χ0v) is 13.2. The molecular weight excluding hydrogens is 268 g/mol. The lowest BCUT2D eigenvalue weighted by Crippen LogP contribution is -2.48. The molecule has 0 atom stereocenters. The first kappa shape index (κ1) is 13.2. The van der Waals surface area contributed by atoms with Crippen LogP contribution in [0.3, 0.4) is 0 Å². The summed E-state index contributed by atoms with van der Waals surface area (Å²) in [5.74, 6) is 5.22. The van der Waals surface area contributed by atoms with Crippen LogP contribution >= 0.6 is 0 Å². The topological polar surface area (TPSA) is 27.8 Å². The second-order valence-corrected chi connectivity index (χ2v) is 8.12. The van der Waals surface area contributed by atoms with Gasteiger partial charge in [-0.05, 0) is 97.4 Å². The fourth-order valence-corrected chi connectivity index (χ4v) is 5.97. The largest absolute Gasteiger partial charge is 0.361 e. The molecule has 0 saturated heterocycles. The number of benzene rings is 1. The Hall–Kier alpha value is -1.28. The Morgan fingerprint density at radius 2 is 1.73 bits per heavy atom. The molecule has 4 fully saturated rings. The molecule has 4 saturated carbocycles. The van der Waals surface area contributed by atoms with Gasteiger partial charge in [0.1, 0.15) is 0 Å². The lowest BCUT2D eigenvalue weighted by molar-refractivity contribution is -0.0355. The standard InChI is InChI=1S/C20H26N2/c1-2-20-16(3-4-22-20)6-13(1)11-21-12-19-17-7-14-5-15(9-17)10-18(19)8-14/h1-4,6,14-15,17-19,21-22H,5,7-12H2. The number of hydrogen-bond acceptors (Lipinski definition) is 1. The average Bonchev–Trinajstić information content (AvgIpc) is 2.97. The molecule has 4 aliphatic carbocycles. The van der Waals surface area contributed by atoms with Gasteiger partial charge in [0.25, 0.3) is 0 Å². The van der Waals surface area contributed by atoms with E-state index in [9.17, 15) is 0 Å². The molecule has 4 aliphatic rings. The molecule has 2 heteroatoms. The van der Waals surface area contributed by atoms with Crippen molar-refractivity contribution in [1.29, 1.82) is 0 Å². The summed E-state index contributed by atoms with van der Waals surface area (Å²) in [7, 11) is 0. The third-order valence-electron chi connectivity index (χ3n) is 6.75. The van der Waals surface area contributed by atoms with Gasteiger partial charge in [0.15, 0.2) is 0 Å². The monoisotopic (exact) mass is 294 g/mol. The molecular formula is C20H26N2. The first-order valence-corrected chi connectivity index (χ1v) is 9.12. The zero-order valence-electron chi connectivity index (χ0n) is 13.2. The van der Waals surface area contributed by atoms with Crippen molar-refractivity contribution in [2.75, 3.05) is 6.54 Å². The summed E-state index contributed by atoms with van der Waals surface area (Å²) < 4.78 is 0. The van der Waals surface area contributed by atoms with Crippen molar-refractivity contribution in [3.63, 3.8) is 0 Å². The maximum absolute atomic E-state index is 3.78. The summed E-state index contributed by atoms with van der Waals surface area (Å²) in [4.78, 5) is 3.27. The predicted molar refractivity (Wildman–Crippen MR) is 90.5 cm³/mol. The summed E-state index contributed by atoms with van der Waals surface area (Å²) >= 11 is 0. The number of aromatic nitrogens is 1. The fourth-order valence-electron chi connectivity index (χ4n) is 5.97. The van der Waals surface area contributed by atoms with Crippen LogP contribution in [0.2, 0.25) is 0 Å². The minimum Gasteiger partial charge on any atom is -0.361 e. The SMILES string of the molecule is c1cc2cc(CNCC3C4CC5CC(C4)CC3C5)ccc2[nH]1. The highest BCUT2D eigenvalue weighted by molar-refractivity contribution is 5.79. The molecule has 1 aromatic carbocycles. The minimum absolute atomic E-state index is 0.962. The second kappa shape index (κ2) is 5.13. The van der Waals surface area contributed by atoms with Gasteiger partial charge in [-0.25, -0.2) is 0 Å². The zero-order chi connectivity index (χ0) is 14.5. The molecule has 0 spiro atoms. The fraction of sp³-hybridized carbons (Fsp3) is 0.600. The van der Waals surface area contributed by atoms with Gasteiger partial charge in [-0.3, -0.25) is 0 Å². The highest BCUT2D eigenvalue weighted by Gasteiger charge is 2.47.